The van der Waals surface area contributed by atoms with Crippen molar-refractivity contribution in [1.82, 2.24) is 20.3 Å². The zero-order chi connectivity index (χ0) is 13.1. The molecule has 0 unspecified atom stereocenters. The second kappa shape index (κ2) is 5.51. The average molecular weight is 295 g/mol. The SMILES string of the molecule is NCc1nnc(SCc2noc(-c3cccs3)n2)o1. The number of aromatic nitrogens is 4. The number of nitrogens with two attached hydrogens (primary N) is 1. The topological polar surface area (TPSA) is 104 Å². The summed E-state index contributed by atoms with van der Waals surface area (Å²) >= 11 is 2.90. The first-order valence-corrected chi connectivity index (χ1v) is 7.23. The van der Waals surface area contributed by atoms with Gasteiger partial charge in [0.15, 0.2) is 5.82 Å². The highest BCUT2D eigenvalue weighted by atomic mass is 32.2. The maximum absolute atomic E-state index is 5.38. The first kappa shape index (κ1) is 12.3. The van der Waals surface area contributed by atoms with Crippen molar-refractivity contribution < 1.29 is 8.94 Å². The van der Waals surface area contributed by atoms with Crippen LogP contribution in [0.3, 0.4) is 0 Å². The van der Waals surface area contributed by atoms with E-state index >= 15 is 0 Å². The quantitative estimate of drug-likeness (QED) is 0.712. The third kappa shape index (κ3) is 2.83. The van der Waals surface area contributed by atoms with Crippen LogP contribution in [0.15, 0.2) is 31.7 Å². The maximum atomic E-state index is 5.38. The maximum Gasteiger partial charge on any atom is 0.277 e. The van der Waals surface area contributed by atoms with E-state index in [4.69, 9.17) is 14.7 Å². The number of thioether (sulfide) groups is 1. The van der Waals surface area contributed by atoms with Gasteiger partial charge in [-0.3, -0.25) is 0 Å². The Bertz CT molecular complexity index is 648. The van der Waals surface area contributed by atoms with Crippen LogP contribution in [-0.4, -0.2) is 20.3 Å². The number of rotatable bonds is 5. The molecule has 3 aromatic heterocycles. The normalized spacial score (nSPS) is 11.0. The molecule has 0 atom stereocenters. The van der Waals surface area contributed by atoms with Gasteiger partial charge in [-0.15, -0.1) is 21.5 Å². The molecule has 0 spiro atoms. The molecule has 3 rings (SSSR count). The standard InChI is InChI=1S/C10H9N5O2S2/c11-4-8-13-14-10(16-8)19-5-7-12-9(17-15-7)6-2-1-3-18-6/h1-3H,4-5,11H2. The lowest BCUT2D eigenvalue weighted by Gasteiger charge is -1.89. The van der Waals surface area contributed by atoms with Crippen molar-refractivity contribution in [2.45, 2.75) is 17.5 Å². The molecule has 19 heavy (non-hydrogen) atoms. The Kier molecular flexibility index (Phi) is 3.58. The van der Waals surface area contributed by atoms with E-state index in [1.165, 1.54) is 11.8 Å². The average Bonchev–Trinajstić information content (AvgIpc) is 3.16. The fraction of sp³-hybridized carbons (Fsp3) is 0.200. The van der Waals surface area contributed by atoms with Gasteiger partial charge in [0.05, 0.1) is 17.2 Å². The summed E-state index contributed by atoms with van der Waals surface area (Å²) in [6, 6.07) is 3.87. The third-order valence-corrected chi connectivity index (χ3v) is 3.82. The van der Waals surface area contributed by atoms with Crippen LogP contribution in [0.1, 0.15) is 11.7 Å². The minimum absolute atomic E-state index is 0.234. The smallest absolute Gasteiger partial charge is 0.277 e. The van der Waals surface area contributed by atoms with E-state index in [0.717, 1.165) is 4.88 Å². The van der Waals surface area contributed by atoms with Crippen LogP contribution in [0.5, 0.6) is 0 Å². The molecule has 0 saturated carbocycles. The van der Waals surface area contributed by atoms with Crippen molar-refractivity contribution in [2.75, 3.05) is 0 Å². The molecule has 0 aliphatic heterocycles. The van der Waals surface area contributed by atoms with Crippen molar-refractivity contribution in [3.63, 3.8) is 0 Å². The minimum atomic E-state index is 0.234. The first-order valence-electron chi connectivity index (χ1n) is 5.37. The summed E-state index contributed by atoms with van der Waals surface area (Å²) in [5.74, 6) is 2.02. The highest BCUT2D eigenvalue weighted by Crippen LogP contribution is 2.25. The van der Waals surface area contributed by atoms with Crippen LogP contribution >= 0.6 is 23.1 Å². The van der Waals surface area contributed by atoms with Crippen LogP contribution in [-0.2, 0) is 12.3 Å². The zero-order valence-electron chi connectivity index (χ0n) is 9.65. The Morgan fingerprint density at radius 3 is 3.05 bits per heavy atom. The third-order valence-electron chi connectivity index (χ3n) is 2.15. The van der Waals surface area contributed by atoms with E-state index < -0.39 is 0 Å². The number of nitrogens with zero attached hydrogens (tertiary/aromatic N) is 4. The summed E-state index contributed by atoms with van der Waals surface area (Å²) in [7, 11) is 0. The van der Waals surface area contributed by atoms with Gasteiger partial charge >= 0.3 is 0 Å². The summed E-state index contributed by atoms with van der Waals surface area (Å²) < 4.78 is 10.4. The molecule has 3 heterocycles. The van der Waals surface area contributed by atoms with E-state index in [0.29, 0.717) is 28.6 Å². The molecule has 0 aromatic carbocycles. The van der Waals surface area contributed by atoms with Gasteiger partial charge in [0.25, 0.3) is 11.1 Å². The molecule has 9 heteroatoms. The van der Waals surface area contributed by atoms with Gasteiger partial charge in [0.1, 0.15) is 0 Å². The van der Waals surface area contributed by atoms with Gasteiger partial charge < -0.3 is 14.7 Å². The van der Waals surface area contributed by atoms with Gasteiger partial charge in [-0.05, 0) is 11.4 Å². The van der Waals surface area contributed by atoms with E-state index in [-0.39, 0.29) is 6.54 Å². The van der Waals surface area contributed by atoms with Crippen molar-refractivity contribution in [2.24, 2.45) is 5.73 Å². The van der Waals surface area contributed by atoms with E-state index in [2.05, 4.69) is 20.3 Å². The number of thiophene rings is 1. The predicted octanol–water partition coefficient (Wildman–Crippen LogP) is 1.93. The molecular formula is C10H9N5O2S2. The Morgan fingerprint density at radius 2 is 2.32 bits per heavy atom. The molecule has 2 N–H and O–H groups in total. The Labute approximate surface area is 116 Å². The number of hydrogen-bond donors (Lipinski definition) is 1. The van der Waals surface area contributed by atoms with Crippen molar-refractivity contribution in [3.05, 3.63) is 29.2 Å². The lowest BCUT2D eigenvalue weighted by Crippen LogP contribution is -1.95. The van der Waals surface area contributed by atoms with Crippen molar-refractivity contribution >= 4 is 23.1 Å². The van der Waals surface area contributed by atoms with Crippen LogP contribution in [0.4, 0.5) is 0 Å². The van der Waals surface area contributed by atoms with E-state index in [1.54, 1.807) is 11.3 Å². The van der Waals surface area contributed by atoms with Crippen molar-refractivity contribution in [3.8, 4) is 10.8 Å². The lowest BCUT2D eigenvalue weighted by atomic mass is 10.5. The van der Waals surface area contributed by atoms with Gasteiger partial charge in [0.2, 0.25) is 5.89 Å². The molecule has 0 aliphatic rings. The molecule has 0 saturated heterocycles. The molecule has 0 amide bonds. The molecule has 0 fully saturated rings. The van der Waals surface area contributed by atoms with Gasteiger partial charge in [-0.2, -0.15) is 4.98 Å². The summed E-state index contributed by atoms with van der Waals surface area (Å²) in [6.07, 6.45) is 0. The summed E-state index contributed by atoms with van der Waals surface area (Å²) in [4.78, 5) is 5.24. The lowest BCUT2D eigenvalue weighted by molar-refractivity contribution is 0.414. The minimum Gasteiger partial charge on any atom is -0.415 e. The van der Waals surface area contributed by atoms with E-state index in [9.17, 15) is 0 Å². The molecule has 3 aromatic rings. The Hall–Kier alpha value is -1.71. The van der Waals surface area contributed by atoms with Crippen LogP contribution in [0.2, 0.25) is 0 Å². The Morgan fingerprint density at radius 1 is 1.37 bits per heavy atom. The highest BCUT2D eigenvalue weighted by molar-refractivity contribution is 7.98. The Balaban J connectivity index is 1.64. The second-order valence-corrected chi connectivity index (χ2v) is 5.32. The largest absolute Gasteiger partial charge is 0.415 e. The van der Waals surface area contributed by atoms with Gasteiger partial charge in [-0.25, -0.2) is 0 Å². The fourth-order valence-corrected chi connectivity index (χ4v) is 2.59. The van der Waals surface area contributed by atoms with Gasteiger partial charge in [-0.1, -0.05) is 23.0 Å². The summed E-state index contributed by atoms with van der Waals surface area (Å²) in [6.45, 7) is 0.234. The molecule has 0 bridgehead atoms. The van der Waals surface area contributed by atoms with Crippen LogP contribution < -0.4 is 5.73 Å². The molecule has 0 radical (unpaired) electrons. The van der Waals surface area contributed by atoms with E-state index in [1.807, 2.05) is 17.5 Å². The summed E-state index contributed by atoms with van der Waals surface area (Å²) in [5, 5.41) is 13.9. The molecule has 98 valence electrons. The van der Waals surface area contributed by atoms with Gasteiger partial charge in [0, 0.05) is 0 Å². The molecule has 0 aliphatic carbocycles. The number of hydrogen-bond acceptors (Lipinski definition) is 9. The summed E-state index contributed by atoms with van der Waals surface area (Å²) in [5.41, 5.74) is 5.38. The molecular weight excluding hydrogens is 286 g/mol. The zero-order valence-corrected chi connectivity index (χ0v) is 11.3. The van der Waals surface area contributed by atoms with Crippen LogP contribution in [0, 0.1) is 0 Å². The first-order chi connectivity index (χ1) is 9.35. The monoisotopic (exact) mass is 295 g/mol. The predicted molar refractivity (Wildman–Crippen MR) is 69.4 cm³/mol. The highest BCUT2D eigenvalue weighted by Gasteiger charge is 2.12. The van der Waals surface area contributed by atoms with Crippen LogP contribution in [0.25, 0.3) is 10.8 Å². The van der Waals surface area contributed by atoms with Crippen molar-refractivity contribution in [1.29, 1.82) is 0 Å². The molecule has 7 nitrogen and oxygen atoms in total. The second-order valence-electron chi connectivity index (χ2n) is 3.45. The fourth-order valence-electron chi connectivity index (χ4n) is 1.32.